The van der Waals surface area contributed by atoms with Crippen LogP contribution in [0.1, 0.15) is 47.5 Å². The summed E-state index contributed by atoms with van der Waals surface area (Å²) in [5.74, 6) is -0.414. The molecule has 1 aliphatic rings. The van der Waals surface area contributed by atoms with E-state index in [2.05, 4.69) is 5.32 Å². The smallest absolute Gasteiger partial charge is 0.409 e. The van der Waals surface area contributed by atoms with E-state index in [4.69, 9.17) is 4.74 Å². The van der Waals surface area contributed by atoms with Gasteiger partial charge >= 0.3 is 6.09 Å². The Morgan fingerprint density at radius 1 is 1.12 bits per heavy atom. The Balaban J connectivity index is 2.56. The lowest BCUT2D eigenvalue weighted by Gasteiger charge is -2.34. The van der Waals surface area contributed by atoms with Gasteiger partial charge in [0.15, 0.2) is 0 Å². The van der Waals surface area contributed by atoms with E-state index in [0.29, 0.717) is 45.6 Å². The first-order valence-corrected chi connectivity index (χ1v) is 8.79. The van der Waals surface area contributed by atoms with Crippen LogP contribution >= 0.6 is 0 Å². The summed E-state index contributed by atoms with van der Waals surface area (Å²) in [6, 6.07) is -0.0213. The number of hydrogen-bond acceptors (Lipinski definition) is 4. The fourth-order valence-corrected chi connectivity index (χ4v) is 2.79. The van der Waals surface area contributed by atoms with Crippen molar-refractivity contribution in [3.8, 4) is 0 Å². The van der Waals surface area contributed by atoms with Gasteiger partial charge in [-0.3, -0.25) is 9.59 Å². The minimum Gasteiger partial charge on any atom is -0.450 e. The molecule has 24 heavy (non-hydrogen) atoms. The van der Waals surface area contributed by atoms with E-state index in [1.165, 1.54) is 0 Å². The van der Waals surface area contributed by atoms with Gasteiger partial charge in [0.2, 0.25) is 11.8 Å². The van der Waals surface area contributed by atoms with Crippen molar-refractivity contribution in [2.45, 2.75) is 53.5 Å². The van der Waals surface area contributed by atoms with Crippen molar-refractivity contribution >= 4 is 17.9 Å². The van der Waals surface area contributed by atoms with Gasteiger partial charge in [-0.25, -0.2) is 4.79 Å². The van der Waals surface area contributed by atoms with Crippen molar-refractivity contribution in [2.24, 2.45) is 5.41 Å². The first-order valence-electron chi connectivity index (χ1n) is 8.79. The van der Waals surface area contributed by atoms with Crippen LogP contribution in [0, 0.1) is 5.41 Å². The number of nitrogens with one attached hydrogen (secondary N) is 1. The molecule has 0 aliphatic carbocycles. The van der Waals surface area contributed by atoms with Gasteiger partial charge in [-0.1, -0.05) is 0 Å². The maximum Gasteiger partial charge on any atom is 0.409 e. The summed E-state index contributed by atoms with van der Waals surface area (Å²) in [4.78, 5) is 40.1. The Morgan fingerprint density at radius 3 is 2.12 bits per heavy atom. The molecule has 1 heterocycles. The van der Waals surface area contributed by atoms with Gasteiger partial charge in [0.05, 0.1) is 6.61 Å². The molecule has 0 atom stereocenters. The van der Waals surface area contributed by atoms with Gasteiger partial charge in [0.25, 0.3) is 0 Å². The van der Waals surface area contributed by atoms with E-state index < -0.39 is 5.41 Å². The molecule has 1 rings (SSSR count). The number of ether oxygens (including phenoxy) is 1. The molecular formula is C17H31N3O4. The van der Waals surface area contributed by atoms with E-state index in [9.17, 15) is 14.4 Å². The molecule has 0 aromatic heterocycles. The van der Waals surface area contributed by atoms with Crippen LogP contribution in [0.5, 0.6) is 0 Å². The minimum atomic E-state index is -1.09. The van der Waals surface area contributed by atoms with Gasteiger partial charge in [0, 0.05) is 32.2 Å². The molecule has 0 aromatic rings. The lowest BCUT2D eigenvalue weighted by atomic mass is 9.89. The Hall–Kier alpha value is -1.79. The molecule has 0 bridgehead atoms. The van der Waals surface area contributed by atoms with Gasteiger partial charge in [-0.2, -0.15) is 0 Å². The summed E-state index contributed by atoms with van der Waals surface area (Å²) in [7, 11) is 0. The zero-order chi connectivity index (χ0) is 18.3. The predicted octanol–water partition coefficient (Wildman–Crippen LogP) is 1.62. The monoisotopic (exact) mass is 341 g/mol. The molecule has 0 spiro atoms. The zero-order valence-electron chi connectivity index (χ0n) is 15.6. The number of carbonyl (C=O) groups excluding carboxylic acids is 3. The second-order valence-corrected chi connectivity index (χ2v) is 6.54. The fourth-order valence-electron chi connectivity index (χ4n) is 2.79. The lowest BCUT2D eigenvalue weighted by molar-refractivity contribution is -0.148. The number of hydrogen-bond donors (Lipinski definition) is 1. The first kappa shape index (κ1) is 20.3. The average molecular weight is 341 g/mol. The third kappa shape index (κ3) is 4.85. The van der Waals surface area contributed by atoms with Crippen LogP contribution < -0.4 is 5.32 Å². The molecule has 138 valence electrons. The fraction of sp³-hybridized carbons (Fsp3) is 0.824. The molecule has 1 fully saturated rings. The standard InChI is InChI=1S/C17H31N3O4/c1-6-19(7-2)15(22)17(4,5)14(21)18-13-9-11-20(12-10-13)16(23)24-8-3/h13H,6-12H2,1-5H3,(H,18,21). The zero-order valence-corrected chi connectivity index (χ0v) is 15.6. The van der Waals surface area contributed by atoms with Gasteiger partial charge in [-0.15, -0.1) is 0 Å². The highest BCUT2D eigenvalue weighted by Crippen LogP contribution is 2.21. The highest BCUT2D eigenvalue weighted by Gasteiger charge is 2.39. The van der Waals surface area contributed by atoms with Crippen LogP contribution in [-0.4, -0.2) is 66.5 Å². The molecule has 0 saturated carbocycles. The SMILES string of the molecule is CCOC(=O)N1CCC(NC(=O)C(C)(C)C(=O)N(CC)CC)CC1. The summed E-state index contributed by atoms with van der Waals surface area (Å²) in [5.41, 5.74) is -1.09. The molecule has 1 N–H and O–H groups in total. The number of likely N-dealkylation sites (tertiary alicyclic amines) is 1. The molecule has 0 unspecified atom stereocenters. The summed E-state index contributed by atoms with van der Waals surface area (Å²) >= 11 is 0. The van der Waals surface area contributed by atoms with Crippen LogP contribution in [0.4, 0.5) is 4.79 Å². The van der Waals surface area contributed by atoms with Gasteiger partial charge in [-0.05, 0) is 47.5 Å². The van der Waals surface area contributed by atoms with E-state index in [-0.39, 0.29) is 23.9 Å². The number of piperidine rings is 1. The van der Waals surface area contributed by atoms with Crippen molar-refractivity contribution in [2.75, 3.05) is 32.8 Å². The van der Waals surface area contributed by atoms with Crippen molar-refractivity contribution in [1.82, 2.24) is 15.1 Å². The summed E-state index contributed by atoms with van der Waals surface area (Å²) in [6.45, 7) is 11.5. The molecule has 1 aliphatic heterocycles. The Kier molecular flexibility index (Phi) is 7.51. The second kappa shape index (κ2) is 8.89. The first-order chi connectivity index (χ1) is 11.3. The Bertz CT molecular complexity index is 453. The van der Waals surface area contributed by atoms with E-state index in [0.717, 1.165) is 0 Å². The molecule has 0 radical (unpaired) electrons. The van der Waals surface area contributed by atoms with Crippen LogP contribution in [-0.2, 0) is 14.3 Å². The van der Waals surface area contributed by atoms with Gasteiger partial charge in [0.1, 0.15) is 5.41 Å². The highest BCUT2D eigenvalue weighted by atomic mass is 16.6. The van der Waals surface area contributed by atoms with Crippen LogP contribution in [0.2, 0.25) is 0 Å². The van der Waals surface area contributed by atoms with Crippen LogP contribution in [0.15, 0.2) is 0 Å². The summed E-state index contributed by atoms with van der Waals surface area (Å²) < 4.78 is 4.98. The normalized spacial score (nSPS) is 15.8. The van der Waals surface area contributed by atoms with Crippen molar-refractivity contribution < 1.29 is 19.1 Å². The lowest BCUT2D eigenvalue weighted by Crippen LogP contribution is -2.54. The third-order valence-corrected chi connectivity index (χ3v) is 4.51. The summed E-state index contributed by atoms with van der Waals surface area (Å²) in [6.07, 6.45) is 1.03. The van der Waals surface area contributed by atoms with E-state index in [1.807, 2.05) is 13.8 Å². The van der Waals surface area contributed by atoms with E-state index in [1.54, 1.807) is 30.6 Å². The second-order valence-electron chi connectivity index (χ2n) is 6.54. The predicted molar refractivity (Wildman–Crippen MR) is 91.5 cm³/mol. The van der Waals surface area contributed by atoms with E-state index >= 15 is 0 Å². The molecule has 7 heteroatoms. The van der Waals surface area contributed by atoms with Crippen molar-refractivity contribution in [1.29, 1.82) is 0 Å². The maximum atomic E-state index is 12.6. The topological polar surface area (TPSA) is 79.0 Å². The molecule has 0 aromatic carbocycles. The molecule has 7 nitrogen and oxygen atoms in total. The Labute approximate surface area is 144 Å². The largest absolute Gasteiger partial charge is 0.450 e. The molecular weight excluding hydrogens is 310 g/mol. The average Bonchev–Trinajstić information content (AvgIpc) is 2.56. The van der Waals surface area contributed by atoms with Crippen molar-refractivity contribution in [3.05, 3.63) is 0 Å². The highest BCUT2D eigenvalue weighted by molar-refractivity contribution is 6.04. The quantitative estimate of drug-likeness (QED) is 0.745. The van der Waals surface area contributed by atoms with Crippen LogP contribution in [0.3, 0.4) is 0 Å². The molecule has 3 amide bonds. The molecule has 1 saturated heterocycles. The number of rotatable bonds is 6. The van der Waals surface area contributed by atoms with Crippen LogP contribution in [0.25, 0.3) is 0 Å². The third-order valence-electron chi connectivity index (χ3n) is 4.51. The number of carbonyl (C=O) groups is 3. The summed E-state index contributed by atoms with van der Waals surface area (Å²) in [5, 5.41) is 2.97. The number of amides is 3. The van der Waals surface area contributed by atoms with Crippen molar-refractivity contribution in [3.63, 3.8) is 0 Å². The number of nitrogens with zero attached hydrogens (tertiary/aromatic N) is 2. The minimum absolute atomic E-state index is 0.0213. The maximum absolute atomic E-state index is 12.6. The van der Waals surface area contributed by atoms with Gasteiger partial charge < -0.3 is 19.9 Å². The Morgan fingerprint density at radius 2 is 1.67 bits per heavy atom.